The Morgan fingerprint density at radius 2 is 1.92 bits per heavy atom. The Balaban J connectivity index is 1.47. The minimum atomic E-state index is 0.0505. The van der Waals surface area contributed by atoms with Gasteiger partial charge in [0, 0.05) is 31.9 Å². The second-order valence-electron chi connectivity index (χ2n) is 6.61. The molecule has 1 aromatic heterocycles. The molecule has 1 aliphatic rings. The van der Waals surface area contributed by atoms with Crippen molar-refractivity contribution in [1.29, 1.82) is 0 Å². The molecule has 5 heteroatoms. The number of amides is 1. The van der Waals surface area contributed by atoms with Gasteiger partial charge in [-0.25, -0.2) is 4.98 Å². The fraction of sp³-hybridized carbons (Fsp3) is 0.400. The van der Waals surface area contributed by atoms with Gasteiger partial charge < -0.3 is 9.80 Å². The Kier molecular flexibility index (Phi) is 6.05. The van der Waals surface area contributed by atoms with Gasteiger partial charge >= 0.3 is 0 Å². The van der Waals surface area contributed by atoms with Crippen LogP contribution in [0.25, 0.3) is 0 Å². The molecule has 4 nitrogen and oxygen atoms in total. The van der Waals surface area contributed by atoms with Gasteiger partial charge in [0.2, 0.25) is 0 Å². The van der Waals surface area contributed by atoms with Crippen LogP contribution in [0, 0.1) is 0 Å². The summed E-state index contributed by atoms with van der Waals surface area (Å²) in [7, 11) is 2.19. The third kappa shape index (κ3) is 4.80. The summed E-state index contributed by atoms with van der Waals surface area (Å²) in [5.41, 5.74) is 1.98. The molecule has 2 heterocycles. The number of carbonyl (C=O) groups excluding carboxylic acids is 1. The lowest BCUT2D eigenvalue weighted by molar-refractivity contribution is 0.0646. The van der Waals surface area contributed by atoms with Gasteiger partial charge in [0.15, 0.2) is 0 Å². The highest BCUT2D eigenvalue weighted by molar-refractivity contribution is 6.29. The van der Waals surface area contributed by atoms with E-state index < -0.39 is 0 Å². The van der Waals surface area contributed by atoms with E-state index in [2.05, 4.69) is 47.3 Å². The number of likely N-dealkylation sites (N-methyl/N-ethyl adjacent to an activating group) is 1. The van der Waals surface area contributed by atoms with E-state index in [0.29, 0.717) is 16.8 Å². The first kappa shape index (κ1) is 17.9. The summed E-state index contributed by atoms with van der Waals surface area (Å²) in [6.45, 7) is 2.63. The Morgan fingerprint density at radius 3 is 2.56 bits per heavy atom. The SMILES string of the molecule is CN(CCc1ccccc1)C1CCN(C(=O)c2ccc(Cl)nc2)CC1. The van der Waals surface area contributed by atoms with Gasteiger partial charge in [0.25, 0.3) is 5.91 Å². The van der Waals surface area contributed by atoms with Crippen molar-refractivity contribution < 1.29 is 4.79 Å². The third-order valence-corrected chi connectivity index (χ3v) is 5.17. The average molecular weight is 358 g/mol. The van der Waals surface area contributed by atoms with Gasteiger partial charge in [-0.3, -0.25) is 4.79 Å². The number of rotatable bonds is 5. The molecule has 132 valence electrons. The molecule has 0 spiro atoms. The summed E-state index contributed by atoms with van der Waals surface area (Å²) in [5, 5.41) is 0.412. The predicted octanol–water partition coefficient (Wildman–Crippen LogP) is 3.51. The summed E-state index contributed by atoms with van der Waals surface area (Å²) in [6, 6.07) is 14.5. The van der Waals surface area contributed by atoms with Crippen LogP contribution in [0.2, 0.25) is 5.15 Å². The Hall–Kier alpha value is -1.91. The molecule has 0 aliphatic carbocycles. The fourth-order valence-corrected chi connectivity index (χ4v) is 3.44. The molecule has 0 radical (unpaired) electrons. The zero-order chi connectivity index (χ0) is 17.6. The minimum absolute atomic E-state index is 0.0505. The predicted molar refractivity (Wildman–Crippen MR) is 101 cm³/mol. The lowest BCUT2D eigenvalue weighted by Gasteiger charge is -2.36. The van der Waals surface area contributed by atoms with E-state index in [1.165, 1.54) is 5.56 Å². The second-order valence-corrected chi connectivity index (χ2v) is 7.00. The van der Waals surface area contributed by atoms with Crippen molar-refractivity contribution in [2.45, 2.75) is 25.3 Å². The number of benzene rings is 1. The lowest BCUT2D eigenvalue weighted by Crippen LogP contribution is -2.46. The number of hydrogen-bond acceptors (Lipinski definition) is 3. The molecule has 2 aromatic rings. The summed E-state index contributed by atoms with van der Waals surface area (Å²) >= 11 is 5.79. The number of hydrogen-bond donors (Lipinski definition) is 0. The quantitative estimate of drug-likeness (QED) is 0.768. The van der Waals surface area contributed by atoms with E-state index >= 15 is 0 Å². The van der Waals surface area contributed by atoms with Crippen molar-refractivity contribution in [1.82, 2.24) is 14.8 Å². The molecule has 1 fully saturated rings. The Labute approximate surface area is 154 Å². The first-order valence-corrected chi connectivity index (χ1v) is 9.16. The molecule has 0 bridgehead atoms. The van der Waals surface area contributed by atoms with E-state index in [1.54, 1.807) is 18.3 Å². The fourth-order valence-electron chi connectivity index (χ4n) is 3.33. The maximum absolute atomic E-state index is 12.5. The van der Waals surface area contributed by atoms with E-state index in [4.69, 9.17) is 11.6 Å². The van der Waals surface area contributed by atoms with Crippen molar-refractivity contribution in [2.75, 3.05) is 26.7 Å². The van der Waals surface area contributed by atoms with E-state index in [-0.39, 0.29) is 5.91 Å². The summed E-state index contributed by atoms with van der Waals surface area (Å²) in [6.07, 6.45) is 4.64. The first-order valence-electron chi connectivity index (χ1n) is 8.78. The van der Waals surface area contributed by atoms with Gasteiger partial charge in [-0.1, -0.05) is 41.9 Å². The molecular formula is C20H24ClN3O. The molecular weight excluding hydrogens is 334 g/mol. The van der Waals surface area contributed by atoms with Crippen LogP contribution in [0.1, 0.15) is 28.8 Å². The van der Waals surface area contributed by atoms with E-state index in [1.807, 2.05) is 4.90 Å². The van der Waals surface area contributed by atoms with Gasteiger partial charge in [-0.2, -0.15) is 0 Å². The average Bonchev–Trinajstić information content (AvgIpc) is 2.67. The maximum atomic E-state index is 12.5. The number of halogens is 1. The molecule has 0 N–H and O–H groups in total. The van der Waals surface area contributed by atoms with Crippen LogP contribution in [-0.4, -0.2) is 53.4 Å². The topological polar surface area (TPSA) is 36.4 Å². The van der Waals surface area contributed by atoms with Gasteiger partial charge in [-0.15, -0.1) is 0 Å². The monoisotopic (exact) mass is 357 g/mol. The second kappa shape index (κ2) is 8.45. The van der Waals surface area contributed by atoms with Crippen LogP contribution in [0.15, 0.2) is 48.7 Å². The van der Waals surface area contributed by atoms with E-state index in [0.717, 1.165) is 38.9 Å². The van der Waals surface area contributed by atoms with Crippen LogP contribution in [0.3, 0.4) is 0 Å². The van der Waals surface area contributed by atoms with Crippen molar-refractivity contribution in [3.05, 3.63) is 64.9 Å². The van der Waals surface area contributed by atoms with Crippen molar-refractivity contribution in [2.24, 2.45) is 0 Å². The minimum Gasteiger partial charge on any atom is -0.338 e. The van der Waals surface area contributed by atoms with Crippen molar-refractivity contribution in [3.63, 3.8) is 0 Å². The molecule has 0 saturated carbocycles. The van der Waals surface area contributed by atoms with Gasteiger partial charge in [0.05, 0.1) is 5.56 Å². The summed E-state index contributed by atoms with van der Waals surface area (Å²) in [5.74, 6) is 0.0505. The van der Waals surface area contributed by atoms with Crippen LogP contribution in [-0.2, 0) is 6.42 Å². The van der Waals surface area contributed by atoms with Gasteiger partial charge in [-0.05, 0) is 44.0 Å². The molecule has 1 aliphatic heterocycles. The summed E-state index contributed by atoms with van der Waals surface area (Å²) < 4.78 is 0. The van der Waals surface area contributed by atoms with Crippen molar-refractivity contribution in [3.8, 4) is 0 Å². The zero-order valence-corrected chi connectivity index (χ0v) is 15.3. The highest BCUT2D eigenvalue weighted by Gasteiger charge is 2.25. The molecule has 0 unspecified atom stereocenters. The van der Waals surface area contributed by atoms with Crippen LogP contribution >= 0.6 is 11.6 Å². The van der Waals surface area contributed by atoms with Crippen molar-refractivity contribution >= 4 is 17.5 Å². The normalized spacial score (nSPS) is 15.6. The highest BCUT2D eigenvalue weighted by Crippen LogP contribution is 2.18. The zero-order valence-electron chi connectivity index (χ0n) is 14.6. The first-order chi connectivity index (χ1) is 12.1. The molecule has 3 rings (SSSR count). The number of likely N-dealkylation sites (tertiary alicyclic amines) is 1. The number of carbonyl (C=O) groups is 1. The standard InChI is InChI=1S/C20H24ClN3O/c1-23(12-9-16-5-3-2-4-6-16)18-10-13-24(14-11-18)20(25)17-7-8-19(21)22-15-17/h2-8,15,18H,9-14H2,1H3. The Morgan fingerprint density at radius 1 is 1.20 bits per heavy atom. The lowest BCUT2D eigenvalue weighted by atomic mass is 10.0. The summed E-state index contributed by atoms with van der Waals surface area (Å²) in [4.78, 5) is 20.9. The number of pyridine rings is 1. The molecule has 1 amide bonds. The largest absolute Gasteiger partial charge is 0.338 e. The maximum Gasteiger partial charge on any atom is 0.255 e. The number of piperidine rings is 1. The van der Waals surface area contributed by atoms with Gasteiger partial charge in [0.1, 0.15) is 5.15 Å². The highest BCUT2D eigenvalue weighted by atomic mass is 35.5. The molecule has 1 saturated heterocycles. The molecule has 0 atom stereocenters. The van der Waals surface area contributed by atoms with E-state index in [9.17, 15) is 4.79 Å². The Bertz CT molecular complexity index is 682. The third-order valence-electron chi connectivity index (χ3n) is 4.95. The smallest absolute Gasteiger partial charge is 0.255 e. The molecule has 1 aromatic carbocycles. The number of aromatic nitrogens is 1. The van der Waals surface area contributed by atoms with Crippen LogP contribution in [0.5, 0.6) is 0 Å². The van der Waals surface area contributed by atoms with Crippen LogP contribution < -0.4 is 0 Å². The van der Waals surface area contributed by atoms with Crippen LogP contribution in [0.4, 0.5) is 0 Å². The molecule has 25 heavy (non-hydrogen) atoms. The number of nitrogens with zero attached hydrogens (tertiary/aromatic N) is 3.